The molecule has 1 unspecified atom stereocenters. The third-order valence-corrected chi connectivity index (χ3v) is 3.90. The van der Waals surface area contributed by atoms with Gasteiger partial charge < -0.3 is 15.4 Å². The molecule has 1 aliphatic rings. The number of halogens is 1. The van der Waals surface area contributed by atoms with Crippen LogP contribution < -0.4 is 5.73 Å². The predicted octanol–water partition coefficient (Wildman–Crippen LogP) is 2.27. The fourth-order valence-corrected chi connectivity index (χ4v) is 3.04. The van der Waals surface area contributed by atoms with Gasteiger partial charge in [0.25, 0.3) is 0 Å². The van der Waals surface area contributed by atoms with Gasteiger partial charge in [-0.15, -0.1) is 0 Å². The molecule has 0 bridgehead atoms. The number of amides is 1. The zero-order valence-corrected chi connectivity index (χ0v) is 13.1. The Labute approximate surface area is 129 Å². The van der Waals surface area contributed by atoms with Crippen molar-refractivity contribution in [2.75, 3.05) is 18.9 Å². The minimum Gasteiger partial charge on any atom is -0.465 e. The van der Waals surface area contributed by atoms with Crippen molar-refractivity contribution in [3.05, 3.63) is 29.6 Å². The highest BCUT2D eigenvalue weighted by atomic mass is 19.1. The molecule has 0 aromatic heterocycles. The second kappa shape index (κ2) is 5.94. The largest absolute Gasteiger partial charge is 0.465 e. The quantitative estimate of drug-likeness (QED) is 0.684. The zero-order chi connectivity index (χ0) is 16.5. The van der Waals surface area contributed by atoms with E-state index in [-0.39, 0.29) is 25.5 Å². The first-order valence-corrected chi connectivity index (χ1v) is 7.26. The molecule has 0 spiro atoms. The summed E-state index contributed by atoms with van der Waals surface area (Å²) < 4.78 is 19.1. The first-order valence-electron chi connectivity index (χ1n) is 7.26. The molecular weight excluding hydrogens is 287 g/mol. The van der Waals surface area contributed by atoms with Crippen LogP contribution in [0.4, 0.5) is 10.1 Å². The second-order valence-corrected chi connectivity index (χ2v) is 6.18. The summed E-state index contributed by atoms with van der Waals surface area (Å²) in [6.07, 6.45) is 0.241. The van der Waals surface area contributed by atoms with E-state index in [0.29, 0.717) is 11.3 Å². The third kappa shape index (κ3) is 3.05. The average molecular weight is 308 g/mol. The molecule has 22 heavy (non-hydrogen) atoms. The van der Waals surface area contributed by atoms with E-state index in [2.05, 4.69) is 0 Å². The number of carbonyl (C=O) groups excluding carboxylic acids is 2. The van der Waals surface area contributed by atoms with Crippen LogP contribution in [0, 0.1) is 11.2 Å². The number of hydrogen-bond donors (Lipinski definition) is 1. The monoisotopic (exact) mass is 308 g/mol. The topological polar surface area (TPSA) is 72.6 Å². The van der Waals surface area contributed by atoms with Gasteiger partial charge in [0.05, 0.1) is 12.6 Å². The molecule has 0 aliphatic carbocycles. The van der Waals surface area contributed by atoms with Gasteiger partial charge in [0.1, 0.15) is 12.4 Å². The number of hydrogen-bond acceptors (Lipinski definition) is 4. The van der Waals surface area contributed by atoms with Crippen molar-refractivity contribution in [3.8, 4) is 0 Å². The number of carbonyl (C=O) groups is 2. The summed E-state index contributed by atoms with van der Waals surface area (Å²) in [7, 11) is 0. The van der Waals surface area contributed by atoms with E-state index in [4.69, 9.17) is 10.5 Å². The van der Waals surface area contributed by atoms with Crippen molar-refractivity contribution in [1.82, 2.24) is 4.90 Å². The lowest BCUT2D eigenvalue weighted by Gasteiger charge is -2.32. The number of esters is 1. The summed E-state index contributed by atoms with van der Waals surface area (Å²) in [5, 5.41) is 0. The highest BCUT2D eigenvalue weighted by Crippen LogP contribution is 2.48. The molecule has 1 aromatic rings. The van der Waals surface area contributed by atoms with Gasteiger partial charge >= 0.3 is 5.97 Å². The number of nitrogen functional groups attached to an aromatic ring is 1. The number of benzene rings is 1. The maximum absolute atomic E-state index is 14.2. The van der Waals surface area contributed by atoms with E-state index < -0.39 is 23.2 Å². The van der Waals surface area contributed by atoms with E-state index in [0.717, 1.165) is 0 Å². The van der Waals surface area contributed by atoms with Crippen LogP contribution in [0.3, 0.4) is 0 Å². The van der Waals surface area contributed by atoms with Crippen LogP contribution in [-0.4, -0.2) is 29.9 Å². The van der Waals surface area contributed by atoms with Crippen LogP contribution in [-0.2, 0) is 14.3 Å². The van der Waals surface area contributed by atoms with Gasteiger partial charge in [-0.1, -0.05) is 13.8 Å². The summed E-state index contributed by atoms with van der Waals surface area (Å²) in [5.41, 5.74) is 6.00. The Morgan fingerprint density at radius 3 is 2.82 bits per heavy atom. The van der Waals surface area contributed by atoms with Crippen molar-refractivity contribution in [2.24, 2.45) is 5.41 Å². The maximum atomic E-state index is 14.2. The lowest BCUT2D eigenvalue weighted by Crippen LogP contribution is -2.36. The molecule has 1 saturated heterocycles. The van der Waals surface area contributed by atoms with Gasteiger partial charge in [0.2, 0.25) is 5.91 Å². The van der Waals surface area contributed by atoms with Gasteiger partial charge in [-0.2, -0.15) is 0 Å². The number of nitrogens with zero attached hydrogens (tertiary/aromatic N) is 1. The Morgan fingerprint density at radius 2 is 2.18 bits per heavy atom. The summed E-state index contributed by atoms with van der Waals surface area (Å²) in [6, 6.07) is 3.73. The zero-order valence-electron chi connectivity index (χ0n) is 13.1. The summed E-state index contributed by atoms with van der Waals surface area (Å²) in [5.74, 6) is -1.12. The van der Waals surface area contributed by atoms with Gasteiger partial charge in [0, 0.05) is 17.7 Å². The number of rotatable bonds is 4. The van der Waals surface area contributed by atoms with Crippen molar-refractivity contribution in [2.45, 2.75) is 33.2 Å². The third-order valence-electron chi connectivity index (χ3n) is 3.90. The lowest BCUT2D eigenvalue weighted by molar-refractivity contribution is -0.148. The normalized spacial score (nSPS) is 20.3. The second-order valence-electron chi connectivity index (χ2n) is 6.18. The first kappa shape index (κ1) is 16.3. The minimum absolute atomic E-state index is 0.186. The number of anilines is 1. The highest BCUT2D eigenvalue weighted by Gasteiger charge is 2.48. The Morgan fingerprint density at radius 1 is 1.50 bits per heavy atom. The van der Waals surface area contributed by atoms with Gasteiger partial charge in [-0.3, -0.25) is 9.59 Å². The standard InChI is InChI=1S/C16H21FN2O3/c1-4-22-14(21)9-19-13(20)8-16(2,3)15(19)11-7-10(18)5-6-12(11)17/h5-7,15H,4,8-9,18H2,1-3H3. The average Bonchev–Trinajstić information content (AvgIpc) is 2.62. The molecule has 1 heterocycles. The molecule has 5 nitrogen and oxygen atoms in total. The Balaban J connectivity index is 2.40. The lowest BCUT2D eigenvalue weighted by atomic mass is 9.80. The van der Waals surface area contributed by atoms with E-state index in [1.807, 2.05) is 13.8 Å². The molecule has 6 heteroatoms. The molecule has 1 fully saturated rings. The Kier molecular flexibility index (Phi) is 4.39. The van der Waals surface area contributed by atoms with Crippen molar-refractivity contribution >= 4 is 17.6 Å². The molecule has 120 valence electrons. The first-order chi connectivity index (χ1) is 10.3. The van der Waals surface area contributed by atoms with Crippen LogP contribution >= 0.6 is 0 Å². The summed E-state index contributed by atoms with van der Waals surface area (Å²) in [6.45, 7) is 5.51. The van der Waals surface area contributed by atoms with E-state index in [1.165, 1.54) is 23.1 Å². The van der Waals surface area contributed by atoms with Crippen LogP contribution in [0.5, 0.6) is 0 Å². The molecule has 1 amide bonds. The van der Waals surface area contributed by atoms with E-state index >= 15 is 0 Å². The highest BCUT2D eigenvalue weighted by molar-refractivity contribution is 5.85. The fraction of sp³-hybridized carbons (Fsp3) is 0.500. The van der Waals surface area contributed by atoms with Crippen LogP contribution in [0.25, 0.3) is 0 Å². The summed E-state index contributed by atoms with van der Waals surface area (Å²) in [4.78, 5) is 25.4. The maximum Gasteiger partial charge on any atom is 0.325 e. The molecule has 2 rings (SSSR count). The smallest absolute Gasteiger partial charge is 0.325 e. The molecule has 1 atom stereocenters. The van der Waals surface area contributed by atoms with Crippen molar-refractivity contribution < 1.29 is 18.7 Å². The molecule has 1 aliphatic heterocycles. The predicted molar refractivity (Wildman–Crippen MR) is 80.3 cm³/mol. The van der Waals surface area contributed by atoms with Crippen molar-refractivity contribution in [1.29, 1.82) is 0 Å². The molecule has 0 radical (unpaired) electrons. The molecule has 2 N–H and O–H groups in total. The Bertz CT molecular complexity index is 601. The minimum atomic E-state index is -0.548. The Hall–Kier alpha value is -2.11. The van der Waals surface area contributed by atoms with Gasteiger partial charge in [-0.05, 0) is 30.5 Å². The fourth-order valence-electron chi connectivity index (χ4n) is 3.04. The summed E-state index contributed by atoms with van der Waals surface area (Å²) >= 11 is 0. The number of ether oxygens (including phenoxy) is 1. The van der Waals surface area contributed by atoms with Crippen molar-refractivity contribution in [3.63, 3.8) is 0 Å². The van der Waals surface area contributed by atoms with E-state index in [1.54, 1.807) is 6.92 Å². The molecule has 0 saturated carbocycles. The van der Waals surface area contributed by atoms with Gasteiger partial charge in [0.15, 0.2) is 0 Å². The molecule has 1 aromatic carbocycles. The number of nitrogens with two attached hydrogens (primary N) is 1. The molecular formula is C16H21FN2O3. The van der Waals surface area contributed by atoms with E-state index in [9.17, 15) is 14.0 Å². The van der Waals surface area contributed by atoms with Crippen LogP contribution in [0.1, 0.15) is 38.8 Å². The number of likely N-dealkylation sites (tertiary alicyclic amines) is 1. The SMILES string of the molecule is CCOC(=O)CN1C(=O)CC(C)(C)C1c1cc(N)ccc1F. The van der Waals surface area contributed by atoms with Gasteiger partial charge in [-0.25, -0.2) is 4.39 Å². The van der Waals surface area contributed by atoms with Crippen LogP contribution in [0.2, 0.25) is 0 Å². The van der Waals surface area contributed by atoms with Crippen LogP contribution in [0.15, 0.2) is 18.2 Å².